The fourth-order valence-electron chi connectivity index (χ4n) is 3.26. The van der Waals surface area contributed by atoms with Gasteiger partial charge in [-0.2, -0.15) is 4.98 Å². The molecule has 7 heteroatoms. The number of likely N-dealkylation sites (tertiary alicyclic amines) is 1. The molecule has 1 aliphatic heterocycles. The average molecular weight is 357 g/mol. The highest BCUT2D eigenvalue weighted by Gasteiger charge is 2.38. The van der Waals surface area contributed by atoms with E-state index in [9.17, 15) is 4.79 Å². The van der Waals surface area contributed by atoms with E-state index in [4.69, 9.17) is 4.52 Å². The van der Waals surface area contributed by atoms with Gasteiger partial charge in [-0.15, -0.1) is 0 Å². The van der Waals surface area contributed by atoms with Crippen LogP contribution in [0, 0.1) is 5.92 Å². The Labute approximate surface area is 154 Å². The number of carbonyl (C=O) groups is 1. The Hall–Kier alpha value is -2.44. The molecule has 3 heterocycles. The highest BCUT2D eigenvalue weighted by Crippen LogP contribution is 2.33. The van der Waals surface area contributed by atoms with Gasteiger partial charge in [0.15, 0.2) is 5.82 Å². The Bertz CT molecular complexity index is 731. The topological polar surface area (TPSA) is 84.2 Å². The van der Waals surface area contributed by atoms with E-state index in [0.29, 0.717) is 30.7 Å². The van der Waals surface area contributed by atoms with Gasteiger partial charge in [0.05, 0.1) is 0 Å². The van der Waals surface area contributed by atoms with Gasteiger partial charge in [0.2, 0.25) is 0 Å². The quantitative estimate of drug-likeness (QED) is 0.888. The molecule has 1 saturated heterocycles. The van der Waals surface area contributed by atoms with Crippen molar-refractivity contribution in [3.8, 4) is 11.5 Å². The predicted octanol–water partition coefficient (Wildman–Crippen LogP) is 3.24. The zero-order valence-electron chi connectivity index (χ0n) is 15.7. The van der Waals surface area contributed by atoms with Gasteiger partial charge in [0, 0.05) is 43.0 Å². The molecule has 0 aliphatic carbocycles. The van der Waals surface area contributed by atoms with Crippen molar-refractivity contribution >= 4 is 6.03 Å². The Morgan fingerprint density at radius 1 is 1.38 bits per heavy atom. The number of urea groups is 1. The molecule has 0 bridgehead atoms. The summed E-state index contributed by atoms with van der Waals surface area (Å²) in [6.45, 7) is 8.47. The molecule has 0 spiro atoms. The third-order valence-corrected chi connectivity index (χ3v) is 4.87. The highest BCUT2D eigenvalue weighted by atomic mass is 16.5. The summed E-state index contributed by atoms with van der Waals surface area (Å²) >= 11 is 0. The third kappa shape index (κ3) is 4.20. The molecule has 2 aromatic rings. The third-order valence-electron chi connectivity index (χ3n) is 4.87. The number of aromatic nitrogens is 3. The van der Waals surface area contributed by atoms with Crippen molar-refractivity contribution in [2.24, 2.45) is 5.92 Å². The lowest BCUT2D eigenvalue weighted by molar-refractivity contribution is 0.150. The minimum atomic E-state index is -0.303. The minimum absolute atomic E-state index is 0.00516. The summed E-state index contributed by atoms with van der Waals surface area (Å²) in [5, 5.41) is 7.22. The molecule has 1 aliphatic rings. The van der Waals surface area contributed by atoms with Crippen molar-refractivity contribution in [2.45, 2.75) is 45.4 Å². The number of nitrogens with one attached hydrogen (secondary N) is 1. The maximum absolute atomic E-state index is 12.5. The first-order valence-corrected chi connectivity index (χ1v) is 9.25. The number of hydrogen-bond acceptors (Lipinski definition) is 5. The van der Waals surface area contributed by atoms with E-state index in [2.05, 4.69) is 41.2 Å². The summed E-state index contributed by atoms with van der Waals surface area (Å²) in [6, 6.07) is 3.68. The van der Waals surface area contributed by atoms with Gasteiger partial charge in [-0.25, -0.2) is 4.79 Å². The molecule has 2 amide bonds. The summed E-state index contributed by atoms with van der Waals surface area (Å²) in [5.74, 6) is 1.72. The molecule has 1 fully saturated rings. The van der Waals surface area contributed by atoms with Gasteiger partial charge in [-0.1, -0.05) is 25.9 Å². The van der Waals surface area contributed by atoms with Gasteiger partial charge in [0.1, 0.15) is 0 Å². The van der Waals surface area contributed by atoms with Crippen LogP contribution in [-0.4, -0.2) is 45.7 Å². The van der Waals surface area contributed by atoms with E-state index in [-0.39, 0.29) is 11.4 Å². The van der Waals surface area contributed by atoms with Gasteiger partial charge < -0.3 is 14.7 Å². The Morgan fingerprint density at radius 2 is 2.15 bits per heavy atom. The first kappa shape index (κ1) is 18.4. The molecular weight excluding hydrogens is 330 g/mol. The van der Waals surface area contributed by atoms with E-state index in [1.165, 1.54) is 0 Å². The lowest BCUT2D eigenvalue weighted by Gasteiger charge is -2.38. The first-order valence-electron chi connectivity index (χ1n) is 9.25. The smallest absolute Gasteiger partial charge is 0.317 e. The summed E-state index contributed by atoms with van der Waals surface area (Å²) in [5.41, 5.74) is 0.545. The second kappa shape index (κ2) is 7.85. The number of hydrogen-bond donors (Lipinski definition) is 1. The van der Waals surface area contributed by atoms with Crippen LogP contribution < -0.4 is 5.32 Å². The first-order chi connectivity index (χ1) is 12.5. The van der Waals surface area contributed by atoms with Crippen LogP contribution in [0.4, 0.5) is 4.79 Å². The Morgan fingerprint density at radius 3 is 2.88 bits per heavy atom. The molecule has 140 valence electrons. The molecular formula is C19H27N5O2. The number of carbonyl (C=O) groups excluding carboxylic acids is 1. The number of rotatable bonds is 5. The molecule has 0 unspecified atom stereocenters. The van der Waals surface area contributed by atoms with Crippen molar-refractivity contribution in [3.63, 3.8) is 0 Å². The summed E-state index contributed by atoms with van der Waals surface area (Å²) in [4.78, 5) is 22.9. The van der Waals surface area contributed by atoms with Crippen molar-refractivity contribution in [2.75, 3.05) is 19.6 Å². The Kier molecular flexibility index (Phi) is 5.54. The van der Waals surface area contributed by atoms with E-state index >= 15 is 0 Å². The van der Waals surface area contributed by atoms with Crippen LogP contribution in [0.5, 0.6) is 0 Å². The molecule has 3 rings (SSSR count). The van der Waals surface area contributed by atoms with E-state index < -0.39 is 0 Å². The summed E-state index contributed by atoms with van der Waals surface area (Å²) in [7, 11) is 0. The largest absolute Gasteiger partial charge is 0.338 e. The zero-order valence-corrected chi connectivity index (χ0v) is 15.7. The Balaban J connectivity index is 1.67. The number of pyridine rings is 1. The highest BCUT2D eigenvalue weighted by molar-refractivity contribution is 5.74. The van der Waals surface area contributed by atoms with Crippen LogP contribution in [0.2, 0.25) is 0 Å². The number of amides is 2. The van der Waals surface area contributed by atoms with Gasteiger partial charge in [0.25, 0.3) is 5.89 Å². The zero-order chi connectivity index (χ0) is 18.6. The van der Waals surface area contributed by atoms with Crippen LogP contribution in [-0.2, 0) is 5.41 Å². The standard InChI is InChI=1S/C19H27N5O2/c1-14(2)5-11-21-18(25)24-12-4-8-19(3,13-24)17-22-16(26-23-17)15-6-9-20-10-7-15/h6-7,9-10,14H,4-5,8,11-13H2,1-3H3,(H,21,25)/t19-/m0/s1. The molecule has 1 N–H and O–H groups in total. The maximum atomic E-state index is 12.5. The van der Waals surface area contributed by atoms with Gasteiger partial charge >= 0.3 is 6.03 Å². The second-order valence-corrected chi connectivity index (χ2v) is 7.66. The van der Waals surface area contributed by atoms with Crippen molar-refractivity contribution in [1.29, 1.82) is 0 Å². The van der Waals surface area contributed by atoms with Gasteiger partial charge in [-0.3, -0.25) is 4.98 Å². The molecule has 0 radical (unpaired) electrons. The lowest BCUT2D eigenvalue weighted by atomic mass is 9.81. The van der Waals surface area contributed by atoms with Crippen molar-refractivity contribution in [1.82, 2.24) is 25.3 Å². The van der Waals surface area contributed by atoms with Crippen LogP contribution >= 0.6 is 0 Å². The van der Waals surface area contributed by atoms with E-state index in [1.807, 2.05) is 17.0 Å². The fourth-order valence-corrected chi connectivity index (χ4v) is 3.26. The second-order valence-electron chi connectivity index (χ2n) is 7.66. The summed E-state index contributed by atoms with van der Waals surface area (Å²) < 4.78 is 5.45. The van der Waals surface area contributed by atoms with Crippen molar-refractivity contribution in [3.05, 3.63) is 30.4 Å². The molecule has 2 aromatic heterocycles. The molecule has 0 aromatic carbocycles. The SMILES string of the molecule is CC(C)CCNC(=O)N1CCC[C@](C)(c2noc(-c3ccncc3)n2)C1. The van der Waals surface area contributed by atoms with Crippen molar-refractivity contribution < 1.29 is 9.32 Å². The maximum Gasteiger partial charge on any atom is 0.317 e. The van der Waals surface area contributed by atoms with Crippen LogP contribution in [0.1, 0.15) is 45.9 Å². The molecule has 1 atom stereocenters. The minimum Gasteiger partial charge on any atom is -0.338 e. The molecule has 0 saturated carbocycles. The number of piperidine rings is 1. The van der Waals surface area contributed by atoms with Crippen LogP contribution in [0.15, 0.2) is 29.0 Å². The monoisotopic (exact) mass is 357 g/mol. The van der Waals surface area contributed by atoms with Crippen LogP contribution in [0.3, 0.4) is 0 Å². The normalized spacial score (nSPS) is 20.4. The van der Waals surface area contributed by atoms with E-state index in [1.54, 1.807) is 12.4 Å². The van der Waals surface area contributed by atoms with Crippen LogP contribution in [0.25, 0.3) is 11.5 Å². The lowest BCUT2D eigenvalue weighted by Crippen LogP contribution is -2.51. The summed E-state index contributed by atoms with van der Waals surface area (Å²) in [6.07, 6.45) is 6.23. The predicted molar refractivity (Wildman–Crippen MR) is 98.5 cm³/mol. The average Bonchev–Trinajstić information content (AvgIpc) is 3.13. The molecule has 7 nitrogen and oxygen atoms in total. The fraction of sp³-hybridized carbons (Fsp3) is 0.579. The molecule has 26 heavy (non-hydrogen) atoms. The van der Waals surface area contributed by atoms with E-state index in [0.717, 1.165) is 31.4 Å². The number of nitrogens with zero attached hydrogens (tertiary/aromatic N) is 4. The van der Waals surface area contributed by atoms with Gasteiger partial charge in [-0.05, 0) is 37.3 Å².